The number of carboxylic acids is 1. The first-order chi connectivity index (χ1) is 11.0. The molecule has 0 aliphatic carbocycles. The zero-order valence-corrected chi connectivity index (χ0v) is 14.0. The lowest BCUT2D eigenvalue weighted by Crippen LogP contribution is -2.30. The number of amides is 2. The SMILES string of the molecule is O=C(O)Cc1ccc(NC(=O)NCCc2ccc(Br)cc2)cc1. The Labute approximate surface area is 142 Å². The number of carbonyl (C=O) groups is 2. The summed E-state index contributed by atoms with van der Waals surface area (Å²) in [5, 5.41) is 14.2. The quantitative estimate of drug-likeness (QED) is 0.722. The molecule has 120 valence electrons. The Balaban J connectivity index is 1.76. The van der Waals surface area contributed by atoms with Crippen molar-refractivity contribution in [3.05, 3.63) is 64.1 Å². The molecule has 0 unspecified atom stereocenters. The summed E-state index contributed by atoms with van der Waals surface area (Å²) < 4.78 is 1.03. The first-order valence-electron chi connectivity index (χ1n) is 7.13. The maximum atomic E-state index is 11.8. The van der Waals surface area contributed by atoms with E-state index in [1.54, 1.807) is 24.3 Å². The Hall–Kier alpha value is -2.34. The molecule has 0 radical (unpaired) electrons. The van der Waals surface area contributed by atoms with Gasteiger partial charge in [0.1, 0.15) is 0 Å². The van der Waals surface area contributed by atoms with Crippen LogP contribution < -0.4 is 10.6 Å². The number of halogens is 1. The molecular formula is C17H17BrN2O3. The summed E-state index contributed by atoms with van der Waals surface area (Å²) in [5.41, 5.74) is 2.46. The number of carbonyl (C=O) groups excluding carboxylic acids is 1. The Bertz CT molecular complexity index is 669. The molecule has 0 heterocycles. The van der Waals surface area contributed by atoms with Crippen LogP contribution in [0.5, 0.6) is 0 Å². The predicted octanol–water partition coefficient (Wildman–Crippen LogP) is 3.44. The Morgan fingerprint density at radius 3 is 2.17 bits per heavy atom. The maximum Gasteiger partial charge on any atom is 0.319 e. The highest BCUT2D eigenvalue weighted by molar-refractivity contribution is 9.10. The number of anilines is 1. The van der Waals surface area contributed by atoms with Crippen molar-refractivity contribution in [2.24, 2.45) is 0 Å². The molecule has 0 aliphatic rings. The van der Waals surface area contributed by atoms with Gasteiger partial charge in [-0.1, -0.05) is 40.2 Å². The molecule has 0 atom stereocenters. The molecule has 0 aliphatic heterocycles. The van der Waals surface area contributed by atoms with E-state index in [0.29, 0.717) is 17.8 Å². The fourth-order valence-corrected chi connectivity index (χ4v) is 2.29. The van der Waals surface area contributed by atoms with Crippen LogP contribution in [0.2, 0.25) is 0 Å². The van der Waals surface area contributed by atoms with E-state index in [1.807, 2.05) is 24.3 Å². The van der Waals surface area contributed by atoms with Crippen molar-refractivity contribution < 1.29 is 14.7 Å². The van der Waals surface area contributed by atoms with Crippen LogP contribution in [-0.2, 0) is 17.6 Å². The Morgan fingerprint density at radius 2 is 1.57 bits per heavy atom. The van der Waals surface area contributed by atoms with Crippen LogP contribution in [0.25, 0.3) is 0 Å². The van der Waals surface area contributed by atoms with Crippen LogP contribution in [-0.4, -0.2) is 23.7 Å². The van der Waals surface area contributed by atoms with Gasteiger partial charge in [0.15, 0.2) is 0 Å². The van der Waals surface area contributed by atoms with Gasteiger partial charge in [0.25, 0.3) is 0 Å². The van der Waals surface area contributed by atoms with Crippen LogP contribution in [0.3, 0.4) is 0 Å². The largest absolute Gasteiger partial charge is 0.481 e. The fourth-order valence-electron chi connectivity index (χ4n) is 2.03. The van der Waals surface area contributed by atoms with Gasteiger partial charge in [-0.3, -0.25) is 4.79 Å². The van der Waals surface area contributed by atoms with Crippen LogP contribution in [0.4, 0.5) is 10.5 Å². The second kappa shape index (κ2) is 8.33. The van der Waals surface area contributed by atoms with Gasteiger partial charge in [-0.25, -0.2) is 4.79 Å². The smallest absolute Gasteiger partial charge is 0.319 e. The number of rotatable bonds is 6. The van der Waals surface area contributed by atoms with Crippen molar-refractivity contribution in [3.63, 3.8) is 0 Å². The number of carboxylic acid groups (broad SMARTS) is 1. The molecule has 2 aromatic rings. The van der Waals surface area contributed by atoms with Crippen LogP contribution in [0.1, 0.15) is 11.1 Å². The summed E-state index contributed by atoms with van der Waals surface area (Å²) in [6, 6.07) is 14.4. The van der Waals surface area contributed by atoms with Gasteiger partial charge in [0.05, 0.1) is 6.42 Å². The number of nitrogens with one attached hydrogen (secondary N) is 2. The van der Waals surface area contributed by atoms with Gasteiger partial charge in [-0.2, -0.15) is 0 Å². The molecule has 0 spiro atoms. The van der Waals surface area contributed by atoms with Crippen molar-refractivity contribution in [3.8, 4) is 0 Å². The highest BCUT2D eigenvalue weighted by Crippen LogP contribution is 2.11. The predicted molar refractivity (Wildman–Crippen MR) is 92.6 cm³/mol. The first-order valence-corrected chi connectivity index (χ1v) is 7.92. The molecule has 6 heteroatoms. The van der Waals surface area contributed by atoms with E-state index in [9.17, 15) is 9.59 Å². The van der Waals surface area contributed by atoms with Crippen molar-refractivity contribution in [1.29, 1.82) is 0 Å². The van der Waals surface area contributed by atoms with Gasteiger partial charge in [-0.15, -0.1) is 0 Å². The molecule has 2 rings (SSSR count). The molecule has 23 heavy (non-hydrogen) atoms. The monoisotopic (exact) mass is 376 g/mol. The molecule has 0 saturated heterocycles. The van der Waals surface area contributed by atoms with Crippen LogP contribution in [0.15, 0.2) is 53.0 Å². The average Bonchev–Trinajstić information content (AvgIpc) is 2.51. The highest BCUT2D eigenvalue weighted by Gasteiger charge is 2.03. The van der Waals surface area contributed by atoms with E-state index in [4.69, 9.17) is 5.11 Å². The number of aliphatic carboxylic acids is 1. The minimum atomic E-state index is -0.878. The van der Waals surface area contributed by atoms with Crippen LogP contribution >= 0.6 is 15.9 Å². The van der Waals surface area contributed by atoms with Gasteiger partial charge < -0.3 is 15.7 Å². The summed E-state index contributed by atoms with van der Waals surface area (Å²) in [7, 11) is 0. The van der Waals surface area contributed by atoms with Crippen molar-refractivity contribution in [2.45, 2.75) is 12.8 Å². The summed E-state index contributed by atoms with van der Waals surface area (Å²) in [5.74, 6) is -0.878. The first kappa shape index (κ1) is 17.0. The number of benzene rings is 2. The van der Waals surface area contributed by atoms with Gasteiger partial charge in [0.2, 0.25) is 0 Å². The van der Waals surface area contributed by atoms with Gasteiger partial charge >= 0.3 is 12.0 Å². The number of hydrogen-bond acceptors (Lipinski definition) is 2. The minimum Gasteiger partial charge on any atom is -0.481 e. The van der Waals surface area contributed by atoms with E-state index < -0.39 is 5.97 Å². The molecule has 2 amide bonds. The Kier molecular flexibility index (Phi) is 6.17. The summed E-state index contributed by atoms with van der Waals surface area (Å²) in [4.78, 5) is 22.4. The lowest BCUT2D eigenvalue weighted by atomic mass is 10.1. The molecule has 5 nitrogen and oxygen atoms in total. The lowest BCUT2D eigenvalue weighted by molar-refractivity contribution is -0.136. The van der Waals surface area contributed by atoms with Crippen molar-refractivity contribution in [1.82, 2.24) is 5.32 Å². The molecule has 0 saturated carbocycles. The third-order valence-electron chi connectivity index (χ3n) is 3.18. The third kappa shape index (κ3) is 6.12. The number of urea groups is 1. The molecular weight excluding hydrogens is 360 g/mol. The minimum absolute atomic E-state index is 0.0281. The summed E-state index contributed by atoms with van der Waals surface area (Å²) >= 11 is 3.38. The van der Waals surface area contributed by atoms with Gasteiger partial charge in [0, 0.05) is 16.7 Å². The normalized spacial score (nSPS) is 10.1. The molecule has 0 aromatic heterocycles. The van der Waals surface area contributed by atoms with Crippen molar-refractivity contribution in [2.75, 3.05) is 11.9 Å². The van der Waals surface area contributed by atoms with E-state index in [0.717, 1.165) is 16.5 Å². The third-order valence-corrected chi connectivity index (χ3v) is 3.71. The zero-order chi connectivity index (χ0) is 16.7. The van der Waals surface area contributed by atoms with Crippen molar-refractivity contribution >= 4 is 33.6 Å². The van der Waals surface area contributed by atoms with Crippen LogP contribution in [0, 0.1) is 0 Å². The topological polar surface area (TPSA) is 78.4 Å². The molecule has 2 aromatic carbocycles. The molecule has 0 fully saturated rings. The standard InChI is InChI=1S/C17H17BrN2O3/c18-14-5-1-12(2-6-14)9-10-19-17(23)20-15-7-3-13(4-8-15)11-16(21)22/h1-8H,9-11H2,(H,21,22)(H2,19,20,23). The maximum absolute atomic E-state index is 11.8. The molecule has 3 N–H and O–H groups in total. The lowest BCUT2D eigenvalue weighted by Gasteiger charge is -2.08. The number of hydrogen-bond donors (Lipinski definition) is 3. The fraction of sp³-hybridized carbons (Fsp3) is 0.176. The highest BCUT2D eigenvalue weighted by atomic mass is 79.9. The van der Waals surface area contributed by atoms with E-state index in [1.165, 1.54) is 0 Å². The van der Waals surface area contributed by atoms with E-state index in [2.05, 4.69) is 26.6 Å². The van der Waals surface area contributed by atoms with Gasteiger partial charge in [-0.05, 0) is 41.8 Å². The Morgan fingerprint density at radius 1 is 0.957 bits per heavy atom. The van der Waals surface area contributed by atoms with E-state index >= 15 is 0 Å². The zero-order valence-electron chi connectivity index (χ0n) is 12.4. The average molecular weight is 377 g/mol. The summed E-state index contributed by atoms with van der Waals surface area (Å²) in [6.07, 6.45) is 0.720. The van der Waals surface area contributed by atoms with E-state index in [-0.39, 0.29) is 12.5 Å². The summed E-state index contributed by atoms with van der Waals surface area (Å²) in [6.45, 7) is 0.532. The second-order valence-corrected chi connectivity index (χ2v) is 5.94. The second-order valence-electron chi connectivity index (χ2n) is 5.02. The molecule has 0 bridgehead atoms.